The van der Waals surface area contributed by atoms with Gasteiger partial charge in [0.05, 0.1) is 19.1 Å². The molecule has 0 aromatic heterocycles. The van der Waals surface area contributed by atoms with Crippen LogP contribution >= 0.6 is 0 Å². The number of unbranched alkanes of at least 4 members (excludes halogenated alkanes) is 1. The van der Waals surface area contributed by atoms with E-state index in [0.29, 0.717) is 42.8 Å². The molecule has 1 fully saturated rings. The van der Waals surface area contributed by atoms with Crippen LogP contribution in [0.4, 0.5) is 17.6 Å². The molecule has 8 heteroatoms. The van der Waals surface area contributed by atoms with Crippen LogP contribution in [-0.2, 0) is 4.79 Å². The lowest BCUT2D eigenvalue weighted by Gasteiger charge is -2.29. The summed E-state index contributed by atoms with van der Waals surface area (Å²) in [6.45, 7) is 4.33. The van der Waals surface area contributed by atoms with Gasteiger partial charge in [0.2, 0.25) is 11.6 Å². The van der Waals surface area contributed by atoms with E-state index in [1.807, 2.05) is 19.1 Å². The predicted molar refractivity (Wildman–Crippen MR) is 166 cm³/mol. The highest BCUT2D eigenvalue weighted by Crippen LogP contribution is 2.42. The number of rotatable bonds is 11. The Morgan fingerprint density at radius 3 is 2.09 bits per heavy atom. The monoisotopic (exact) mass is 624 g/mol. The highest BCUT2D eigenvalue weighted by molar-refractivity contribution is 5.78. The van der Waals surface area contributed by atoms with Crippen molar-refractivity contribution >= 4 is 11.5 Å². The van der Waals surface area contributed by atoms with E-state index in [9.17, 15) is 22.4 Å². The SMILES string of the molecule is CCCCOc1ccc(C2=CCC(C(=O)Oc3ccc(C4CCC(c5ccc(OCC)c(F)c5F)CC4)cc3)CC2)c(F)c1F. The fraction of sp³-hybridized carbons (Fsp3) is 0.432. The predicted octanol–water partition coefficient (Wildman–Crippen LogP) is 10.1. The Bertz CT molecular complexity index is 1510. The number of hydrogen-bond acceptors (Lipinski definition) is 4. The molecule has 4 nitrogen and oxygen atoms in total. The summed E-state index contributed by atoms with van der Waals surface area (Å²) in [6.07, 6.45) is 7.90. The third kappa shape index (κ3) is 7.54. The van der Waals surface area contributed by atoms with Crippen LogP contribution in [0.15, 0.2) is 54.6 Å². The van der Waals surface area contributed by atoms with E-state index >= 15 is 0 Å². The standard InChI is InChI=1S/C37H40F4O4/c1-3-5-22-44-32-21-19-30(34(39)36(32)41)26-10-12-27(13-11-26)37(42)45-28-16-14-24(15-17-28)23-6-8-25(9-7-23)29-18-20-31(43-4-2)35(40)33(29)38/h10,14-21,23,25,27H,3-9,11-13,22H2,1-2H3. The van der Waals surface area contributed by atoms with Gasteiger partial charge < -0.3 is 14.2 Å². The molecule has 3 aromatic carbocycles. The average molecular weight is 625 g/mol. The van der Waals surface area contributed by atoms with Crippen LogP contribution in [0.2, 0.25) is 0 Å². The summed E-state index contributed by atoms with van der Waals surface area (Å²) in [6, 6.07) is 13.6. The second-order valence-electron chi connectivity index (χ2n) is 11.9. The molecule has 45 heavy (non-hydrogen) atoms. The van der Waals surface area contributed by atoms with Crippen molar-refractivity contribution in [2.75, 3.05) is 13.2 Å². The van der Waals surface area contributed by atoms with Crippen molar-refractivity contribution in [2.24, 2.45) is 5.92 Å². The molecule has 0 heterocycles. The molecule has 3 aromatic rings. The van der Waals surface area contributed by atoms with Gasteiger partial charge in [0, 0.05) is 5.56 Å². The third-order valence-electron chi connectivity index (χ3n) is 9.01. The van der Waals surface area contributed by atoms with Crippen LogP contribution in [0.5, 0.6) is 17.2 Å². The minimum atomic E-state index is -0.987. The maximum atomic E-state index is 14.8. The molecule has 1 atom stereocenters. The second kappa shape index (κ2) is 15.0. The second-order valence-corrected chi connectivity index (χ2v) is 11.9. The first-order chi connectivity index (χ1) is 21.8. The molecular weight excluding hydrogens is 584 g/mol. The summed E-state index contributed by atoms with van der Waals surface area (Å²) in [5.41, 5.74) is 2.39. The zero-order chi connectivity index (χ0) is 31.9. The first-order valence-corrected chi connectivity index (χ1v) is 16.0. The molecule has 1 unspecified atom stereocenters. The van der Waals surface area contributed by atoms with Gasteiger partial charge in [-0.3, -0.25) is 4.79 Å². The van der Waals surface area contributed by atoms with E-state index in [-0.39, 0.29) is 47.4 Å². The maximum absolute atomic E-state index is 14.8. The van der Waals surface area contributed by atoms with Crippen molar-refractivity contribution in [2.45, 2.75) is 83.5 Å². The fourth-order valence-electron chi connectivity index (χ4n) is 6.38. The van der Waals surface area contributed by atoms with E-state index < -0.39 is 23.3 Å². The van der Waals surface area contributed by atoms with Gasteiger partial charge in [-0.05, 0) is 117 Å². The molecule has 240 valence electrons. The molecule has 5 rings (SSSR count). The largest absolute Gasteiger partial charge is 0.491 e. The fourth-order valence-corrected chi connectivity index (χ4v) is 6.38. The number of ether oxygens (including phenoxy) is 3. The van der Waals surface area contributed by atoms with Gasteiger partial charge in [0.25, 0.3) is 0 Å². The van der Waals surface area contributed by atoms with Crippen LogP contribution in [-0.4, -0.2) is 19.2 Å². The molecule has 0 amide bonds. The summed E-state index contributed by atoms with van der Waals surface area (Å²) >= 11 is 0. The lowest BCUT2D eigenvalue weighted by atomic mass is 9.76. The number of carbonyl (C=O) groups excluding carboxylic acids is 1. The first kappa shape index (κ1) is 32.6. The molecule has 0 N–H and O–H groups in total. The highest BCUT2D eigenvalue weighted by atomic mass is 19.2. The van der Waals surface area contributed by atoms with Gasteiger partial charge in [-0.25, -0.2) is 8.78 Å². The minimum Gasteiger partial charge on any atom is -0.491 e. The zero-order valence-corrected chi connectivity index (χ0v) is 25.9. The summed E-state index contributed by atoms with van der Waals surface area (Å²) in [7, 11) is 0. The lowest BCUT2D eigenvalue weighted by molar-refractivity contribution is -0.139. The third-order valence-corrected chi connectivity index (χ3v) is 9.01. The van der Waals surface area contributed by atoms with E-state index in [4.69, 9.17) is 14.2 Å². The Labute approximate surface area is 262 Å². The van der Waals surface area contributed by atoms with E-state index in [0.717, 1.165) is 44.1 Å². The lowest BCUT2D eigenvalue weighted by Crippen LogP contribution is -2.22. The van der Waals surface area contributed by atoms with Crippen molar-refractivity contribution in [1.82, 2.24) is 0 Å². The first-order valence-electron chi connectivity index (χ1n) is 16.0. The van der Waals surface area contributed by atoms with Gasteiger partial charge in [-0.15, -0.1) is 0 Å². The van der Waals surface area contributed by atoms with Crippen molar-refractivity contribution in [3.05, 3.63) is 94.6 Å². The number of allylic oxidation sites excluding steroid dienone is 2. The molecule has 2 aliphatic rings. The smallest absolute Gasteiger partial charge is 0.314 e. The van der Waals surface area contributed by atoms with E-state index in [1.54, 1.807) is 31.2 Å². The van der Waals surface area contributed by atoms with Crippen molar-refractivity contribution < 1.29 is 36.6 Å². The van der Waals surface area contributed by atoms with Crippen LogP contribution in [0.1, 0.15) is 100 Å². The normalized spacial score (nSPS) is 20.0. The summed E-state index contributed by atoms with van der Waals surface area (Å²) in [5, 5.41) is 0. The number of hydrogen-bond donors (Lipinski definition) is 0. The van der Waals surface area contributed by atoms with Crippen molar-refractivity contribution in [3.8, 4) is 17.2 Å². The Hall–Kier alpha value is -3.81. The molecule has 2 aliphatic carbocycles. The van der Waals surface area contributed by atoms with Crippen LogP contribution in [0, 0.1) is 29.2 Å². The highest BCUT2D eigenvalue weighted by Gasteiger charge is 2.29. The Kier molecular flexibility index (Phi) is 10.8. The van der Waals surface area contributed by atoms with Crippen molar-refractivity contribution in [1.29, 1.82) is 0 Å². The summed E-state index contributed by atoms with van der Waals surface area (Å²) in [4.78, 5) is 12.9. The molecular formula is C37H40F4O4. The van der Waals surface area contributed by atoms with E-state index in [1.165, 1.54) is 18.2 Å². The Balaban J connectivity index is 1.13. The molecule has 0 spiro atoms. The molecule has 0 radical (unpaired) electrons. The zero-order valence-electron chi connectivity index (χ0n) is 25.9. The molecule has 0 bridgehead atoms. The number of esters is 1. The Morgan fingerprint density at radius 1 is 0.756 bits per heavy atom. The van der Waals surface area contributed by atoms with Crippen LogP contribution < -0.4 is 14.2 Å². The van der Waals surface area contributed by atoms with Gasteiger partial charge in [-0.1, -0.05) is 37.6 Å². The van der Waals surface area contributed by atoms with Gasteiger partial charge in [0.1, 0.15) is 5.75 Å². The van der Waals surface area contributed by atoms with Crippen molar-refractivity contribution in [3.63, 3.8) is 0 Å². The van der Waals surface area contributed by atoms with Gasteiger partial charge >= 0.3 is 5.97 Å². The number of benzene rings is 3. The number of halogens is 4. The van der Waals surface area contributed by atoms with Gasteiger partial charge in [-0.2, -0.15) is 8.78 Å². The maximum Gasteiger partial charge on any atom is 0.314 e. The average Bonchev–Trinajstić information content (AvgIpc) is 3.06. The van der Waals surface area contributed by atoms with E-state index in [2.05, 4.69) is 0 Å². The molecule has 1 saturated carbocycles. The van der Waals surface area contributed by atoms with Crippen LogP contribution in [0.25, 0.3) is 5.57 Å². The van der Waals surface area contributed by atoms with Crippen LogP contribution in [0.3, 0.4) is 0 Å². The Morgan fingerprint density at radius 2 is 1.42 bits per heavy atom. The number of carbonyl (C=O) groups is 1. The van der Waals surface area contributed by atoms with Gasteiger partial charge in [0.15, 0.2) is 23.1 Å². The summed E-state index contributed by atoms with van der Waals surface area (Å²) in [5.74, 6) is -3.83. The topological polar surface area (TPSA) is 44.8 Å². The minimum absolute atomic E-state index is 0.0452. The molecule has 0 saturated heterocycles. The molecule has 0 aliphatic heterocycles. The quantitative estimate of drug-likeness (QED) is 0.0922. The summed E-state index contributed by atoms with van der Waals surface area (Å²) < 4.78 is 74.7.